The summed E-state index contributed by atoms with van der Waals surface area (Å²) in [5.74, 6) is 0.747. The van der Waals surface area contributed by atoms with Gasteiger partial charge in [0, 0.05) is 37.8 Å². The Morgan fingerprint density at radius 2 is 2.08 bits per heavy atom. The summed E-state index contributed by atoms with van der Waals surface area (Å²) in [5, 5.41) is 11.6. The summed E-state index contributed by atoms with van der Waals surface area (Å²) in [5.41, 5.74) is 7.40. The van der Waals surface area contributed by atoms with Crippen molar-refractivity contribution in [1.29, 1.82) is 0 Å². The smallest absolute Gasteiger partial charge is 0.119 e. The molecule has 0 aliphatic carbocycles. The first-order valence-electron chi connectivity index (χ1n) is 8.20. The predicted molar refractivity (Wildman–Crippen MR) is 95.2 cm³/mol. The van der Waals surface area contributed by atoms with Crippen molar-refractivity contribution in [2.45, 2.75) is 19.1 Å². The molecule has 2 unspecified atom stereocenters. The molecule has 1 aromatic heterocycles. The van der Waals surface area contributed by atoms with Gasteiger partial charge in [-0.05, 0) is 43.8 Å². The van der Waals surface area contributed by atoms with Crippen LogP contribution in [0.2, 0.25) is 0 Å². The van der Waals surface area contributed by atoms with Crippen LogP contribution in [-0.4, -0.2) is 61.5 Å². The lowest BCUT2D eigenvalue weighted by Crippen LogP contribution is -2.38. The van der Waals surface area contributed by atoms with Gasteiger partial charge >= 0.3 is 0 Å². The molecule has 2 atom stereocenters. The normalized spacial score (nSPS) is 14.1. The topological polar surface area (TPSA) is 80.8 Å². The number of fused-ring (bicyclic) bond motifs is 1. The van der Waals surface area contributed by atoms with Crippen LogP contribution in [0.15, 0.2) is 30.5 Å². The highest BCUT2D eigenvalue weighted by atomic mass is 16.5. The number of aromatic nitrogens is 1. The van der Waals surface area contributed by atoms with Gasteiger partial charge in [-0.1, -0.05) is 0 Å². The molecule has 24 heavy (non-hydrogen) atoms. The molecule has 0 fully saturated rings. The second kappa shape index (κ2) is 8.94. The Bertz CT molecular complexity index is 650. The maximum atomic E-state index is 10.7. The van der Waals surface area contributed by atoms with E-state index in [9.17, 15) is 5.11 Å². The van der Waals surface area contributed by atoms with Crippen molar-refractivity contribution in [2.24, 2.45) is 5.73 Å². The lowest BCUT2D eigenvalue weighted by atomic mass is 10.0. The first-order valence-corrected chi connectivity index (χ1v) is 8.20. The Kier molecular flexibility index (Phi) is 6.93. The van der Waals surface area contributed by atoms with E-state index in [-0.39, 0.29) is 6.10 Å². The Morgan fingerprint density at radius 1 is 1.29 bits per heavy atom. The van der Waals surface area contributed by atoms with Gasteiger partial charge in [-0.15, -0.1) is 0 Å². The fourth-order valence-electron chi connectivity index (χ4n) is 2.81. The molecule has 0 bridgehead atoms. The van der Waals surface area contributed by atoms with Crippen LogP contribution >= 0.6 is 0 Å². The average molecular weight is 333 g/mol. The summed E-state index contributed by atoms with van der Waals surface area (Å²) in [6.45, 7) is 4.21. The Morgan fingerprint density at radius 3 is 2.75 bits per heavy atom. The van der Waals surface area contributed by atoms with E-state index in [0.717, 1.165) is 22.2 Å². The Balaban J connectivity index is 2.14. The van der Waals surface area contributed by atoms with Crippen LogP contribution in [0, 0.1) is 0 Å². The highest BCUT2D eigenvalue weighted by Crippen LogP contribution is 2.27. The lowest BCUT2D eigenvalue weighted by molar-refractivity contribution is 0.0330. The highest BCUT2D eigenvalue weighted by molar-refractivity contribution is 5.83. The molecule has 0 saturated heterocycles. The van der Waals surface area contributed by atoms with Crippen LogP contribution < -0.4 is 10.5 Å². The van der Waals surface area contributed by atoms with Gasteiger partial charge in [0.25, 0.3) is 0 Å². The third-order valence-electron chi connectivity index (χ3n) is 4.01. The van der Waals surface area contributed by atoms with Crippen molar-refractivity contribution in [3.63, 3.8) is 0 Å². The standard InChI is InChI=1S/C18H27N3O3/c1-4-24-14(10-19)11-21(2)12-18(22)15-7-8-20-17-6-5-13(23-3)9-16(15)17/h5-9,14,18,22H,4,10-12,19H2,1-3H3. The van der Waals surface area contributed by atoms with E-state index in [1.54, 1.807) is 13.3 Å². The number of pyridine rings is 1. The minimum Gasteiger partial charge on any atom is -0.497 e. The number of benzene rings is 1. The first-order chi connectivity index (χ1) is 11.6. The third-order valence-corrected chi connectivity index (χ3v) is 4.01. The van der Waals surface area contributed by atoms with Crippen LogP contribution in [0.1, 0.15) is 18.6 Å². The fraction of sp³-hybridized carbons (Fsp3) is 0.500. The molecule has 2 aromatic rings. The summed E-state index contributed by atoms with van der Waals surface area (Å²) in [4.78, 5) is 6.38. The average Bonchev–Trinajstić information content (AvgIpc) is 2.60. The first kappa shape index (κ1) is 18.6. The molecule has 0 aliphatic rings. The number of likely N-dealkylation sites (N-methyl/N-ethyl adjacent to an activating group) is 1. The predicted octanol–water partition coefficient (Wildman–Crippen LogP) is 1.57. The second-order valence-corrected chi connectivity index (χ2v) is 5.83. The maximum Gasteiger partial charge on any atom is 0.119 e. The number of methoxy groups -OCH3 is 1. The molecule has 1 aromatic carbocycles. The molecule has 0 saturated carbocycles. The highest BCUT2D eigenvalue weighted by Gasteiger charge is 2.17. The maximum absolute atomic E-state index is 10.7. The van der Waals surface area contributed by atoms with Crippen LogP contribution in [0.25, 0.3) is 10.9 Å². The van der Waals surface area contributed by atoms with E-state index in [1.807, 2.05) is 43.1 Å². The van der Waals surface area contributed by atoms with Crippen LogP contribution in [0.5, 0.6) is 5.75 Å². The largest absolute Gasteiger partial charge is 0.497 e. The number of aliphatic hydroxyl groups is 1. The summed E-state index contributed by atoms with van der Waals surface area (Å²) < 4.78 is 10.9. The van der Waals surface area contributed by atoms with Gasteiger partial charge < -0.3 is 25.2 Å². The van der Waals surface area contributed by atoms with Gasteiger partial charge in [0.2, 0.25) is 0 Å². The van der Waals surface area contributed by atoms with Crippen molar-refractivity contribution in [2.75, 3.05) is 40.4 Å². The monoisotopic (exact) mass is 333 g/mol. The van der Waals surface area contributed by atoms with E-state index in [2.05, 4.69) is 4.98 Å². The number of nitrogens with two attached hydrogens (primary N) is 1. The van der Waals surface area contributed by atoms with Crippen LogP contribution in [-0.2, 0) is 4.74 Å². The van der Waals surface area contributed by atoms with E-state index < -0.39 is 6.10 Å². The zero-order chi connectivity index (χ0) is 17.5. The second-order valence-electron chi connectivity index (χ2n) is 5.83. The zero-order valence-electron chi connectivity index (χ0n) is 14.6. The van der Waals surface area contributed by atoms with Gasteiger partial charge in [0.1, 0.15) is 5.75 Å². The van der Waals surface area contributed by atoms with Gasteiger partial charge in [-0.25, -0.2) is 0 Å². The minimum atomic E-state index is -0.632. The van der Waals surface area contributed by atoms with E-state index in [4.69, 9.17) is 15.2 Å². The van der Waals surface area contributed by atoms with Crippen molar-refractivity contribution in [3.8, 4) is 5.75 Å². The van der Waals surface area contributed by atoms with E-state index >= 15 is 0 Å². The molecule has 0 amide bonds. The van der Waals surface area contributed by atoms with Crippen molar-refractivity contribution >= 4 is 10.9 Å². The van der Waals surface area contributed by atoms with E-state index in [1.165, 1.54) is 0 Å². The van der Waals surface area contributed by atoms with Gasteiger partial charge in [-0.2, -0.15) is 0 Å². The number of hydrogen-bond acceptors (Lipinski definition) is 6. The van der Waals surface area contributed by atoms with E-state index in [0.29, 0.717) is 26.2 Å². The molecule has 0 spiro atoms. The van der Waals surface area contributed by atoms with Crippen molar-refractivity contribution in [1.82, 2.24) is 9.88 Å². The number of ether oxygens (including phenoxy) is 2. The molecule has 1 heterocycles. The quantitative estimate of drug-likeness (QED) is 0.725. The Labute approximate surface area is 143 Å². The minimum absolute atomic E-state index is 0.0264. The Hall–Kier alpha value is -1.73. The molecular formula is C18H27N3O3. The molecule has 0 radical (unpaired) electrons. The molecule has 132 valence electrons. The number of hydrogen-bond donors (Lipinski definition) is 2. The molecule has 6 heteroatoms. The molecule has 2 rings (SSSR count). The zero-order valence-corrected chi connectivity index (χ0v) is 14.6. The number of aliphatic hydroxyl groups excluding tert-OH is 1. The van der Waals surface area contributed by atoms with Crippen LogP contribution in [0.3, 0.4) is 0 Å². The summed E-state index contributed by atoms with van der Waals surface area (Å²) in [6.07, 6.45) is 1.06. The SMILES string of the molecule is CCOC(CN)CN(C)CC(O)c1ccnc2ccc(OC)cc12. The van der Waals surface area contributed by atoms with Gasteiger partial charge in [0.05, 0.1) is 24.8 Å². The number of nitrogens with zero attached hydrogens (tertiary/aromatic N) is 2. The van der Waals surface area contributed by atoms with Gasteiger partial charge in [-0.3, -0.25) is 4.98 Å². The third kappa shape index (κ3) is 4.64. The van der Waals surface area contributed by atoms with Crippen molar-refractivity contribution in [3.05, 3.63) is 36.0 Å². The van der Waals surface area contributed by atoms with Crippen LogP contribution in [0.4, 0.5) is 0 Å². The molecular weight excluding hydrogens is 306 g/mol. The summed E-state index contributed by atoms with van der Waals surface area (Å²) in [7, 11) is 3.58. The number of rotatable bonds is 9. The van der Waals surface area contributed by atoms with Crippen molar-refractivity contribution < 1.29 is 14.6 Å². The molecule has 6 nitrogen and oxygen atoms in total. The lowest BCUT2D eigenvalue weighted by Gasteiger charge is -2.25. The fourth-order valence-corrected chi connectivity index (χ4v) is 2.81. The van der Waals surface area contributed by atoms with Gasteiger partial charge in [0.15, 0.2) is 0 Å². The summed E-state index contributed by atoms with van der Waals surface area (Å²) >= 11 is 0. The molecule has 3 N–H and O–H groups in total. The molecule has 0 aliphatic heterocycles. The summed E-state index contributed by atoms with van der Waals surface area (Å²) in [6, 6.07) is 7.52.